The maximum Gasteiger partial charge on any atom is 0.150 e. The molecule has 0 saturated carbocycles. The predicted molar refractivity (Wildman–Crippen MR) is 99.5 cm³/mol. The van der Waals surface area contributed by atoms with Gasteiger partial charge in [-0.25, -0.2) is 0 Å². The largest absolute Gasteiger partial charge is 0.491 e. The number of alkyl halides is 1. The van der Waals surface area contributed by atoms with Crippen molar-refractivity contribution >= 4 is 28.9 Å². The molecule has 0 atom stereocenters. The number of rotatable bonds is 16. The van der Waals surface area contributed by atoms with E-state index in [1.54, 1.807) is 24.3 Å². The van der Waals surface area contributed by atoms with Gasteiger partial charge in [0.2, 0.25) is 0 Å². The summed E-state index contributed by atoms with van der Waals surface area (Å²) in [6.07, 6.45) is 0.803. The Morgan fingerprint density at radius 3 is 1.62 bits per heavy atom. The molecule has 0 spiro atoms. The van der Waals surface area contributed by atoms with Crippen LogP contribution >= 0.6 is 22.6 Å². The molecule has 0 aliphatic carbocycles. The Kier molecular flexibility index (Phi) is 14.0. The summed E-state index contributed by atoms with van der Waals surface area (Å²) >= 11 is 2.27. The highest BCUT2D eigenvalue weighted by Crippen LogP contribution is 2.10. The molecule has 7 heteroatoms. The molecule has 0 N–H and O–H groups in total. The molecule has 0 aliphatic heterocycles. The minimum absolute atomic E-state index is 0.459. The quantitative estimate of drug-likeness (QED) is 0.166. The summed E-state index contributed by atoms with van der Waals surface area (Å²) in [6.45, 7) is 5.11. The Balaban J connectivity index is 1.81. The minimum Gasteiger partial charge on any atom is -0.491 e. The number of halogens is 1. The highest BCUT2D eigenvalue weighted by molar-refractivity contribution is 14.1. The zero-order valence-electron chi connectivity index (χ0n) is 13.8. The normalized spacial score (nSPS) is 10.7. The van der Waals surface area contributed by atoms with Crippen LogP contribution in [0.1, 0.15) is 10.4 Å². The lowest BCUT2D eigenvalue weighted by Crippen LogP contribution is -2.14. The molecule has 0 fully saturated rings. The molecule has 6 nitrogen and oxygen atoms in total. The summed E-state index contributed by atoms with van der Waals surface area (Å²) < 4.78 is 27.9. The Hall–Kier alpha value is -0.740. The van der Waals surface area contributed by atoms with Crippen molar-refractivity contribution < 1.29 is 28.5 Å². The average molecular weight is 452 g/mol. The van der Waals surface area contributed by atoms with E-state index in [1.807, 2.05) is 0 Å². The number of benzene rings is 1. The van der Waals surface area contributed by atoms with Crippen LogP contribution in [-0.2, 0) is 18.9 Å². The number of hydrogen-bond donors (Lipinski definition) is 0. The molecule has 0 radical (unpaired) electrons. The van der Waals surface area contributed by atoms with Crippen molar-refractivity contribution in [1.29, 1.82) is 0 Å². The maximum absolute atomic E-state index is 10.5. The van der Waals surface area contributed by atoms with Gasteiger partial charge in [-0.3, -0.25) is 4.79 Å². The topological polar surface area (TPSA) is 63.2 Å². The molecule has 0 aliphatic rings. The number of carbonyl (C=O) groups excluding carboxylic acids is 1. The van der Waals surface area contributed by atoms with Crippen LogP contribution in [-0.4, -0.2) is 70.2 Å². The maximum atomic E-state index is 10.5. The summed E-state index contributed by atoms with van der Waals surface area (Å²) in [5.74, 6) is 0.722. The van der Waals surface area contributed by atoms with Crippen molar-refractivity contribution in [3.8, 4) is 5.75 Å². The SMILES string of the molecule is O=Cc1ccc(OCCOCCOCCOCCOCCI)cc1. The summed E-state index contributed by atoms with van der Waals surface area (Å²) in [5, 5.41) is 0. The van der Waals surface area contributed by atoms with E-state index < -0.39 is 0 Å². The fraction of sp³-hybridized carbons (Fsp3) is 0.588. The van der Waals surface area contributed by atoms with Gasteiger partial charge < -0.3 is 23.7 Å². The van der Waals surface area contributed by atoms with Gasteiger partial charge in [-0.1, -0.05) is 22.6 Å². The van der Waals surface area contributed by atoms with Crippen LogP contribution in [0.25, 0.3) is 0 Å². The highest BCUT2D eigenvalue weighted by Gasteiger charge is 1.96. The number of aldehydes is 1. The van der Waals surface area contributed by atoms with Gasteiger partial charge in [0.05, 0.1) is 52.9 Å². The van der Waals surface area contributed by atoms with Crippen LogP contribution in [0.3, 0.4) is 0 Å². The first-order valence-electron chi connectivity index (χ1n) is 7.92. The van der Waals surface area contributed by atoms with Crippen molar-refractivity contribution in [1.82, 2.24) is 0 Å². The summed E-state index contributed by atoms with van der Waals surface area (Å²) in [5.41, 5.74) is 0.632. The second kappa shape index (κ2) is 15.8. The van der Waals surface area contributed by atoms with E-state index in [-0.39, 0.29) is 0 Å². The lowest BCUT2D eigenvalue weighted by atomic mass is 10.2. The molecule has 0 amide bonds. The Bertz CT molecular complexity index is 412. The third-order valence-electron chi connectivity index (χ3n) is 2.85. The molecular weight excluding hydrogens is 427 g/mol. The summed E-state index contributed by atoms with van der Waals surface area (Å²) in [6, 6.07) is 6.96. The second-order valence-electron chi connectivity index (χ2n) is 4.67. The lowest BCUT2D eigenvalue weighted by Gasteiger charge is -2.08. The molecule has 1 rings (SSSR count). The van der Waals surface area contributed by atoms with Gasteiger partial charge in [0.15, 0.2) is 0 Å². The van der Waals surface area contributed by atoms with Crippen LogP contribution in [0.4, 0.5) is 0 Å². The first-order valence-corrected chi connectivity index (χ1v) is 9.44. The van der Waals surface area contributed by atoms with Gasteiger partial charge in [0, 0.05) is 9.99 Å². The standard InChI is InChI=1S/C17H25IO6/c18-5-6-20-7-8-21-9-10-22-11-12-23-13-14-24-17-3-1-16(15-19)2-4-17/h1-4,15H,5-14H2. The van der Waals surface area contributed by atoms with Crippen molar-refractivity contribution in [2.45, 2.75) is 0 Å². The Labute approximate surface area is 156 Å². The van der Waals surface area contributed by atoms with Crippen molar-refractivity contribution in [3.05, 3.63) is 29.8 Å². The Morgan fingerprint density at radius 1 is 0.708 bits per heavy atom. The van der Waals surface area contributed by atoms with E-state index in [0.717, 1.165) is 23.1 Å². The van der Waals surface area contributed by atoms with Gasteiger partial charge in [-0.2, -0.15) is 0 Å². The smallest absolute Gasteiger partial charge is 0.150 e. The summed E-state index contributed by atoms with van der Waals surface area (Å²) in [7, 11) is 0. The first-order chi connectivity index (χ1) is 11.9. The van der Waals surface area contributed by atoms with Crippen LogP contribution in [0.5, 0.6) is 5.75 Å². The van der Waals surface area contributed by atoms with Crippen molar-refractivity contribution in [3.63, 3.8) is 0 Å². The van der Waals surface area contributed by atoms with Gasteiger partial charge >= 0.3 is 0 Å². The number of carbonyl (C=O) groups is 1. The molecule has 24 heavy (non-hydrogen) atoms. The van der Waals surface area contributed by atoms with Crippen LogP contribution in [0.15, 0.2) is 24.3 Å². The van der Waals surface area contributed by atoms with Gasteiger partial charge in [-0.05, 0) is 24.3 Å². The zero-order chi connectivity index (χ0) is 17.3. The van der Waals surface area contributed by atoms with Crippen LogP contribution in [0, 0.1) is 0 Å². The highest BCUT2D eigenvalue weighted by atomic mass is 127. The molecule has 0 bridgehead atoms. The fourth-order valence-electron chi connectivity index (χ4n) is 1.68. The number of ether oxygens (including phenoxy) is 5. The van der Waals surface area contributed by atoms with Crippen molar-refractivity contribution in [2.75, 3.05) is 63.9 Å². The van der Waals surface area contributed by atoms with E-state index in [2.05, 4.69) is 22.6 Å². The lowest BCUT2D eigenvalue weighted by molar-refractivity contribution is -0.00308. The molecule has 0 aromatic heterocycles. The van der Waals surface area contributed by atoms with E-state index in [1.165, 1.54) is 0 Å². The van der Waals surface area contributed by atoms with Crippen LogP contribution < -0.4 is 4.74 Å². The van der Waals surface area contributed by atoms with Gasteiger partial charge in [-0.15, -0.1) is 0 Å². The number of hydrogen-bond acceptors (Lipinski definition) is 6. The third kappa shape index (κ3) is 11.7. The molecule has 0 saturated heterocycles. The third-order valence-corrected chi connectivity index (χ3v) is 3.29. The van der Waals surface area contributed by atoms with Crippen molar-refractivity contribution in [2.24, 2.45) is 0 Å². The molecule has 1 aromatic carbocycles. The minimum atomic E-state index is 0.459. The molecule has 0 heterocycles. The molecule has 0 unspecified atom stereocenters. The van der Waals surface area contributed by atoms with E-state index in [4.69, 9.17) is 23.7 Å². The van der Waals surface area contributed by atoms with Gasteiger partial charge in [0.1, 0.15) is 18.6 Å². The summed E-state index contributed by atoms with van der Waals surface area (Å²) in [4.78, 5) is 10.5. The zero-order valence-corrected chi connectivity index (χ0v) is 15.9. The van der Waals surface area contributed by atoms with E-state index >= 15 is 0 Å². The monoisotopic (exact) mass is 452 g/mol. The second-order valence-corrected chi connectivity index (χ2v) is 5.75. The Morgan fingerprint density at radius 2 is 1.17 bits per heavy atom. The van der Waals surface area contributed by atoms with E-state index in [0.29, 0.717) is 58.4 Å². The molecule has 136 valence electrons. The van der Waals surface area contributed by atoms with E-state index in [9.17, 15) is 4.79 Å². The van der Waals surface area contributed by atoms with Gasteiger partial charge in [0.25, 0.3) is 0 Å². The van der Waals surface area contributed by atoms with Crippen LogP contribution in [0.2, 0.25) is 0 Å². The molecular formula is C17H25IO6. The first kappa shape index (κ1) is 21.3. The fourth-order valence-corrected chi connectivity index (χ4v) is 1.99. The predicted octanol–water partition coefficient (Wildman–Crippen LogP) is 2.38. The average Bonchev–Trinajstić information content (AvgIpc) is 2.62. The molecule has 1 aromatic rings.